The van der Waals surface area contributed by atoms with Gasteiger partial charge in [-0.2, -0.15) is 0 Å². The molecule has 0 radical (unpaired) electrons. The fourth-order valence-electron chi connectivity index (χ4n) is 4.57. The molecule has 1 amide bonds. The van der Waals surface area contributed by atoms with Crippen molar-refractivity contribution in [2.24, 2.45) is 17.6 Å². The molecule has 3 aromatic rings. The number of carbonyl (C=O) groups is 1. The Morgan fingerprint density at radius 3 is 2.65 bits per heavy atom. The van der Waals surface area contributed by atoms with Crippen molar-refractivity contribution in [3.8, 4) is 17.0 Å². The lowest BCUT2D eigenvalue weighted by atomic mass is 9.93. The van der Waals surface area contributed by atoms with E-state index in [1.165, 1.54) is 17.7 Å². The predicted molar refractivity (Wildman–Crippen MR) is 134 cm³/mol. The van der Waals surface area contributed by atoms with Crippen LogP contribution in [0.1, 0.15) is 43.1 Å². The van der Waals surface area contributed by atoms with Gasteiger partial charge in [0.1, 0.15) is 17.4 Å². The van der Waals surface area contributed by atoms with Crippen LogP contribution in [0.25, 0.3) is 11.3 Å². The van der Waals surface area contributed by atoms with Gasteiger partial charge in [0, 0.05) is 24.2 Å². The molecular weight excluding hydrogens is 429 g/mol. The van der Waals surface area contributed by atoms with Crippen LogP contribution in [0.3, 0.4) is 0 Å². The lowest BCUT2D eigenvalue weighted by Gasteiger charge is -2.27. The van der Waals surface area contributed by atoms with E-state index in [2.05, 4.69) is 36.1 Å². The van der Waals surface area contributed by atoms with Crippen LogP contribution >= 0.6 is 0 Å². The number of primary amides is 1. The Kier molecular flexibility index (Phi) is 7.15. The van der Waals surface area contributed by atoms with Gasteiger partial charge in [-0.3, -0.25) is 4.79 Å². The Morgan fingerprint density at radius 1 is 1.18 bits per heavy atom. The van der Waals surface area contributed by atoms with Crippen molar-refractivity contribution in [1.29, 1.82) is 0 Å². The third-order valence-corrected chi connectivity index (χ3v) is 6.42. The highest BCUT2D eigenvalue weighted by atomic mass is 19.1. The van der Waals surface area contributed by atoms with E-state index in [-0.39, 0.29) is 6.04 Å². The summed E-state index contributed by atoms with van der Waals surface area (Å²) in [6.07, 6.45) is 1.96. The second kappa shape index (κ2) is 10.2. The molecule has 0 spiro atoms. The summed E-state index contributed by atoms with van der Waals surface area (Å²) in [6, 6.07) is 18.6. The normalized spacial score (nSPS) is 17.9. The van der Waals surface area contributed by atoms with Crippen molar-refractivity contribution >= 4 is 11.7 Å². The predicted octanol–water partition coefficient (Wildman–Crippen LogP) is 5.48. The number of nitrogens with two attached hydrogens (primary N) is 1. The number of ether oxygens (including phenoxy) is 1. The Morgan fingerprint density at radius 2 is 1.94 bits per heavy atom. The highest BCUT2D eigenvalue weighted by Gasteiger charge is 2.33. The molecule has 2 N–H and O–H groups in total. The van der Waals surface area contributed by atoms with Crippen LogP contribution in [0.2, 0.25) is 0 Å². The van der Waals surface area contributed by atoms with Gasteiger partial charge >= 0.3 is 0 Å². The summed E-state index contributed by atoms with van der Waals surface area (Å²) in [5.74, 6) is 0.861. The molecule has 178 valence electrons. The average molecular weight is 462 g/mol. The van der Waals surface area contributed by atoms with Gasteiger partial charge < -0.3 is 15.4 Å². The minimum absolute atomic E-state index is 0.179. The van der Waals surface area contributed by atoms with E-state index >= 15 is 0 Å². The maximum Gasteiger partial charge on any atom is 0.252 e. The van der Waals surface area contributed by atoms with Crippen LogP contribution in [0.5, 0.6) is 5.75 Å². The first kappa shape index (κ1) is 23.7. The highest BCUT2D eigenvalue weighted by molar-refractivity contribution is 5.98. The fourth-order valence-corrected chi connectivity index (χ4v) is 4.57. The largest absolute Gasteiger partial charge is 0.493 e. The lowest BCUT2D eigenvalue weighted by molar-refractivity contribution is 0.100. The molecule has 1 aliphatic rings. The molecule has 2 atom stereocenters. The molecule has 1 aliphatic heterocycles. The molecule has 2 heterocycles. The van der Waals surface area contributed by atoms with Gasteiger partial charge in [-0.05, 0) is 61.4 Å². The Hall–Kier alpha value is -3.41. The molecule has 2 aromatic carbocycles. The van der Waals surface area contributed by atoms with E-state index in [1.54, 1.807) is 18.2 Å². The Labute approximate surface area is 200 Å². The number of nitrogens with zero attached hydrogens (tertiary/aromatic N) is 2. The van der Waals surface area contributed by atoms with Gasteiger partial charge in [0.15, 0.2) is 0 Å². The molecule has 0 bridgehead atoms. The SMILES string of the molecule is CC(C)COc1cc(F)cc(-c2ccc(C(N)=O)c(N3CCC(Cc4ccccc4)C3C)n2)c1. The number of benzene rings is 2. The number of aromatic nitrogens is 1. The van der Waals surface area contributed by atoms with Crippen molar-refractivity contribution in [3.05, 3.63) is 77.6 Å². The van der Waals surface area contributed by atoms with E-state index in [4.69, 9.17) is 15.5 Å². The van der Waals surface area contributed by atoms with Crippen molar-refractivity contribution in [2.75, 3.05) is 18.1 Å². The summed E-state index contributed by atoms with van der Waals surface area (Å²) in [7, 11) is 0. The smallest absolute Gasteiger partial charge is 0.252 e. The minimum Gasteiger partial charge on any atom is -0.493 e. The average Bonchev–Trinajstić information content (AvgIpc) is 3.17. The van der Waals surface area contributed by atoms with E-state index in [0.29, 0.717) is 46.8 Å². The van der Waals surface area contributed by atoms with Crippen molar-refractivity contribution in [1.82, 2.24) is 4.98 Å². The molecular formula is C28H32FN3O2. The zero-order valence-corrected chi connectivity index (χ0v) is 20.0. The maximum absolute atomic E-state index is 14.4. The molecule has 0 saturated carbocycles. The van der Waals surface area contributed by atoms with Crippen LogP contribution in [-0.4, -0.2) is 30.1 Å². The second-order valence-electron chi connectivity index (χ2n) is 9.48. The van der Waals surface area contributed by atoms with Crippen molar-refractivity contribution < 1.29 is 13.9 Å². The van der Waals surface area contributed by atoms with Crippen LogP contribution < -0.4 is 15.4 Å². The maximum atomic E-state index is 14.4. The minimum atomic E-state index is -0.520. The number of anilines is 1. The number of hydrogen-bond donors (Lipinski definition) is 1. The van der Waals surface area contributed by atoms with Crippen LogP contribution in [0, 0.1) is 17.7 Å². The molecule has 2 unspecified atom stereocenters. The van der Waals surface area contributed by atoms with E-state index in [0.717, 1.165) is 19.4 Å². The zero-order valence-electron chi connectivity index (χ0n) is 20.0. The van der Waals surface area contributed by atoms with Crippen LogP contribution in [0.4, 0.5) is 10.2 Å². The second-order valence-corrected chi connectivity index (χ2v) is 9.48. The Bertz CT molecular complexity index is 1150. The summed E-state index contributed by atoms with van der Waals surface area (Å²) in [4.78, 5) is 19.2. The first-order chi connectivity index (χ1) is 16.3. The molecule has 6 heteroatoms. The summed E-state index contributed by atoms with van der Waals surface area (Å²) in [5.41, 5.74) is 8.56. The van der Waals surface area contributed by atoms with Crippen molar-refractivity contribution in [3.63, 3.8) is 0 Å². The first-order valence-corrected chi connectivity index (χ1v) is 11.9. The number of hydrogen-bond acceptors (Lipinski definition) is 4. The number of amides is 1. The van der Waals surface area contributed by atoms with Crippen LogP contribution in [0.15, 0.2) is 60.7 Å². The van der Waals surface area contributed by atoms with E-state index in [9.17, 15) is 9.18 Å². The van der Waals surface area contributed by atoms with Gasteiger partial charge in [-0.15, -0.1) is 0 Å². The molecule has 1 aromatic heterocycles. The Balaban J connectivity index is 1.64. The topological polar surface area (TPSA) is 68.5 Å². The standard InChI is InChI=1S/C28H32FN3O2/c1-18(2)17-34-24-15-22(14-23(29)16-24)26-10-9-25(27(30)33)28(31-26)32-12-11-21(19(32)3)13-20-7-5-4-6-8-20/h4-10,14-16,18-19,21H,11-13,17H2,1-3H3,(H2,30,33). The molecule has 1 fully saturated rings. The van der Waals surface area contributed by atoms with Crippen LogP contribution in [-0.2, 0) is 6.42 Å². The first-order valence-electron chi connectivity index (χ1n) is 11.9. The number of carbonyl (C=O) groups excluding carboxylic acids is 1. The molecule has 34 heavy (non-hydrogen) atoms. The molecule has 5 nitrogen and oxygen atoms in total. The quantitative estimate of drug-likeness (QED) is 0.482. The fraction of sp³-hybridized carbons (Fsp3) is 0.357. The number of pyridine rings is 1. The monoisotopic (exact) mass is 461 g/mol. The highest BCUT2D eigenvalue weighted by Crippen LogP contribution is 2.35. The lowest BCUT2D eigenvalue weighted by Crippen LogP contribution is -2.33. The van der Waals surface area contributed by atoms with E-state index in [1.807, 2.05) is 19.9 Å². The summed E-state index contributed by atoms with van der Waals surface area (Å²) >= 11 is 0. The summed E-state index contributed by atoms with van der Waals surface area (Å²) < 4.78 is 20.1. The molecule has 0 aliphatic carbocycles. The van der Waals surface area contributed by atoms with Gasteiger partial charge in [0.2, 0.25) is 0 Å². The summed E-state index contributed by atoms with van der Waals surface area (Å²) in [6.45, 7) is 7.52. The third-order valence-electron chi connectivity index (χ3n) is 6.42. The van der Waals surface area contributed by atoms with Gasteiger partial charge in [0.05, 0.1) is 17.9 Å². The number of halogens is 1. The molecule has 4 rings (SSSR count). The zero-order chi connectivity index (χ0) is 24.2. The molecule has 1 saturated heterocycles. The van der Waals surface area contributed by atoms with Gasteiger partial charge in [-0.25, -0.2) is 9.37 Å². The van der Waals surface area contributed by atoms with E-state index < -0.39 is 11.7 Å². The number of rotatable bonds is 8. The van der Waals surface area contributed by atoms with Gasteiger partial charge in [0.25, 0.3) is 5.91 Å². The van der Waals surface area contributed by atoms with Gasteiger partial charge in [-0.1, -0.05) is 44.2 Å². The third kappa shape index (κ3) is 5.38. The van der Waals surface area contributed by atoms with Crippen molar-refractivity contribution in [2.45, 2.75) is 39.7 Å². The summed E-state index contributed by atoms with van der Waals surface area (Å²) in [5, 5.41) is 0.